The molecule has 2 aliphatic heterocycles. The minimum Gasteiger partial charge on any atom is -0.255 e. The van der Waals surface area contributed by atoms with E-state index in [4.69, 9.17) is 0 Å². The Balaban J connectivity index is 1.99. The van der Waals surface area contributed by atoms with Gasteiger partial charge in [0, 0.05) is 10.7 Å². The van der Waals surface area contributed by atoms with E-state index < -0.39 is 11.9 Å². The Morgan fingerprint density at radius 1 is 1.32 bits per heavy atom. The Morgan fingerprint density at radius 3 is 2.72 bits per heavy atom. The first-order chi connectivity index (χ1) is 12.0. The van der Waals surface area contributed by atoms with E-state index in [-0.39, 0.29) is 11.7 Å². The second-order valence-corrected chi connectivity index (χ2v) is 6.93. The number of allylic oxidation sites excluding steroid dienone is 1. The van der Waals surface area contributed by atoms with Crippen LogP contribution in [0.4, 0.5) is 9.18 Å². The van der Waals surface area contributed by atoms with Gasteiger partial charge in [0.15, 0.2) is 5.92 Å². The molecule has 1 atom stereocenters. The number of urea groups is 1. The molecular formula is C18H19FN3O2S+. The van der Waals surface area contributed by atoms with Gasteiger partial charge in [-0.2, -0.15) is 9.48 Å². The molecule has 2 heterocycles. The zero-order valence-corrected chi connectivity index (χ0v) is 15.1. The Morgan fingerprint density at radius 2 is 2.04 bits per heavy atom. The lowest BCUT2D eigenvalue weighted by Crippen LogP contribution is -2.52. The average Bonchev–Trinajstić information content (AvgIpc) is 2.63. The van der Waals surface area contributed by atoms with Crippen molar-refractivity contribution in [3.63, 3.8) is 0 Å². The molecule has 1 aromatic rings. The van der Waals surface area contributed by atoms with Crippen LogP contribution >= 0.6 is 11.8 Å². The van der Waals surface area contributed by atoms with Crippen molar-refractivity contribution in [2.24, 2.45) is 10.9 Å². The molecule has 0 aliphatic carbocycles. The predicted octanol–water partition coefficient (Wildman–Crippen LogP) is 3.06. The van der Waals surface area contributed by atoms with Crippen molar-refractivity contribution in [1.29, 1.82) is 0 Å². The fourth-order valence-corrected chi connectivity index (χ4v) is 4.21. The maximum absolute atomic E-state index is 13.9. The van der Waals surface area contributed by atoms with Gasteiger partial charge in [-0.1, -0.05) is 25.1 Å². The number of hydrogen-bond donors (Lipinski definition) is 0. The summed E-state index contributed by atoms with van der Waals surface area (Å²) in [5.41, 5.74) is 1.53. The van der Waals surface area contributed by atoms with E-state index in [0.29, 0.717) is 23.6 Å². The molecule has 2 aliphatic rings. The molecular weight excluding hydrogens is 341 g/mol. The molecule has 0 fully saturated rings. The van der Waals surface area contributed by atoms with Crippen LogP contribution in [-0.4, -0.2) is 47.6 Å². The molecule has 0 spiro atoms. The first kappa shape index (κ1) is 17.5. The monoisotopic (exact) mass is 360 g/mol. The molecule has 0 radical (unpaired) electrons. The zero-order chi connectivity index (χ0) is 18.1. The van der Waals surface area contributed by atoms with Crippen LogP contribution in [0, 0.1) is 11.7 Å². The largest absolute Gasteiger partial charge is 0.445 e. The summed E-state index contributed by atoms with van der Waals surface area (Å²) in [5, 5.41) is 0. The van der Waals surface area contributed by atoms with Crippen molar-refractivity contribution in [3.05, 3.63) is 46.1 Å². The number of dihydropyridines is 1. The van der Waals surface area contributed by atoms with Crippen LogP contribution in [0.1, 0.15) is 18.9 Å². The summed E-state index contributed by atoms with van der Waals surface area (Å²) in [4.78, 5) is 31.2. The number of thioether (sulfide) groups is 1. The SMILES string of the molecule is CCC1=C(SCc2ccccc2F)C2C(=O)N(C)C(=O)[N+](C)=C2N=C1. The van der Waals surface area contributed by atoms with E-state index in [0.717, 1.165) is 15.4 Å². The Labute approximate surface area is 149 Å². The lowest BCUT2D eigenvalue weighted by molar-refractivity contribution is -0.407. The Hall–Kier alpha value is -2.28. The first-order valence-electron chi connectivity index (χ1n) is 8.01. The van der Waals surface area contributed by atoms with Gasteiger partial charge in [-0.15, -0.1) is 16.8 Å². The number of nitrogens with zero attached hydrogens (tertiary/aromatic N) is 3. The number of amidine groups is 1. The van der Waals surface area contributed by atoms with Crippen molar-refractivity contribution < 1.29 is 18.6 Å². The molecule has 0 saturated carbocycles. The van der Waals surface area contributed by atoms with E-state index in [1.165, 1.54) is 29.5 Å². The number of fused-ring (bicyclic) bond motifs is 1. The number of hydrogen-bond acceptors (Lipinski definition) is 4. The van der Waals surface area contributed by atoms with Gasteiger partial charge in [-0.25, -0.2) is 9.18 Å². The van der Waals surface area contributed by atoms with Crippen molar-refractivity contribution in [1.82, 2.24) is 4.90 Å². The van der Waals surface area contributed by atoms with E-state index in [2.05, 4.69) is 4.99 Å². The van der Waals surface area contributed by atoms with Crippen LogP contribution in [0.2, 0.25) is 0 Å². The van der Waals surface area contributed by atoms with E-state index in [1.54, 1.807) is 31.5 Å². The summed E-state index contributed by atoms with van der Waals surface area (Å²) < 4.78 is 15.3. The molecule has 0 saturated heterocycles. The van der Waals surface area contributed by atoms with Crippen molar-refractivity contribution in [2.75, 3.05) is 14.1 Å². The van der Waals surface area contributed by atoms with E-state index in [9.17, 15) is 14.0 Å². The standard InChI is InChI=1S/C18H19FN3O2S/c1-4-11-9-20-16-14(17(23)22(3)18(24)21(16)2)15(11)25-10-12-7-5-6-8-13(12)19/h5-9,14H,4,10H2,1-3H3/q+1. The molecule has 130 valence electrons. The molecule has 5 nitrogen and oxygen atoms in total. The highest BCUT2D eigenvalue weighted by Gasteiger charge is 2.48. The second-order valence-electron chi connectivity index (χ2n) is 5.91. The van der Waals surface area contributed by atoms with Crippen molar-refractivity contribution in [2.45, 2.75) is 19.1 Å². The summed E-state index contributed by atoms with van der Waals surface area (Å²) in [6.45, 7) is 1.99. The number of aliphatic imine (C=N–C) groups is 1. The summed E-state index contributed by atoms with van der Waals surface area (Å²) >= 11 is 1.43. The number of imide groups is 1. The molecule has 3 amide bonds. The highest BCUT2D eigenvalue weighted by atomic mass is 32.2. The van der Waals surface area contributed by atoms with Crippen LogP contribution in [0.3, 0.4) is 0 Å². The minimum absolute atomic E-state index is 0.262. The van der Waals surface area contributed by atoms with Crippen LogP contribution in [0.5, 0.6) is 0 Å². The maximum atomic E-state index is 13.9. The maximum Gasteiger partial charge on any atom is 0.445 e. The third-order valence-electron chi connectivity index (χ3n) is 4.41. The molecule has 3 rings (SSSR count). The first-order valence-corrected chi connectivity index (χ1v) is 8.99. The molecule has 0 bridgehead atoms. The third kappa shape index (κ3) is 3.04. The highest BCUT2D eigenvalue weighted by Crippen LogP contribution is 2.37. The topological polar surface area (TPSA) is 52.8 Å². The smallest absolute Gasteiger partial charge is 0.255 e. The normalized spacial score (nSPS) is 20.5. The molecule has 1 aromatic carbocycles. The fraction of sp³-hybridized carbons (Fsp3) is 0.333. The number of carbonyl (C=O) groups is 2. The van der Waals surface area contributed by atoms with Gasteiger partial charge < -0.3 is 0 Å². The lowest BCUT2D eigenvalue weighted by Gasteiger charge is -2.28. The van der Waals surface area contributed by atoms with Crippen LogP contribution in [0.15, 0.2) is 39.7 Å². The number of rotatable bonds is 4. The number of benzene rings is 1. The van der Waals surface area contributed by atoms with Crippen LogP contribution in [-0.2, 0) is 10.5 Å². The fourth-order valence-electron chi connectivity index (χ4n) is 2.91. The van der Waals surface area contributed by atoms with Gasteiger partial charge in [0.2, 0.25) is 0 Å². The highest BCUT2D eigenvalue weighted by molar-refractivity contribution is 8.02. The van der Waals surface area contributed by atoms with Gasteiger partial charge >= 0.3 is 11.9 Å². The van der Waals surface area contributed by atoms with Crippen LogP contribution < -0.4 is 0 Å². The number of amides is 3. The van der Waals surface area contributed by atoms with Crippen molar-refractivity contribution in [3.8, 4) is 0 Å². The summed E-state index contributed by atoms with van der Waals surface area (Å²) in [6, 6.07) is 6.21. The summed E-state index contributed by atoms with van der Waals surface area (Å²) in [6.07, 6.45) is 2.42. The quantitative estimate of drug-likeness (QED) is 0.776. The van der Waals surface area contributed by atoms with E-state index >= 15 is 0 Å². The van der Waals surface area contributed by atoms with Crippen molar-refractivity contribution >= 4 is 35.8 Å². The second kappa shape index (κ2) is 6.92. The predicted molar refractivity (Wildman–Crippen MR) is 96.4 cm³/mol. The lowest BCUT2D eigenvalue weighted by atomic mass is 9.97. The minimum atomic E-state index is -0.607. The summed E-state index contributed by atoms with van der Waals surface area (Å²) in [5.74, 6) is -0.318. The van der Waals surface area contributed by atoms with E-state index in [1.807, 2.05) is 6.92 Å². The van der Waals surface area contributed by atoms with Crippen LogP contribution in [0.25, 0.3) is 0 Å². The molecule has 7 heteroatoms. The van der Waals surface area contributed by atoms with Gasteiger partial charge in [-0.05, 0) is 23.6 Å². The Bertz CT molecular complexity index is 844. The third-order valence-corrected chi connectivity index (χ3v) is 5.67. The number of carbonyl (C=O) groups excluding carboxylic acids is 2. The van der Waals surface area contributed by atoms with Gasteiger partial charge in [0.1, 0.15) is 12.0 Å². The average molecular weight is 360 g/mol. The van der Waals surface area contributed by atoms with Gasteiger partial charge in [-0.3, -0.25) is 4.79 Å². The van der Waals surface area contributed by atoms with Gasteiger partial charge in [0.25, 0.3) is 5.84 Å². The summed E-state index contributed by atoms with van der Waals surface area (Å²) in [7, 11) is 3.09. The zero-order valence-electron chi connectivity index (χ0n) is 14.3. The van der Waals surface area contributed by atoms with Gasteiger partial charge in [0.05, 0.1) is 14.1 Å². The molecule has 0 aromatic heterocycles. The number of halogens is 1. The molecule has 1 unspecified atom stereocenters. The molecule has 25 heavy (non-hydrogen) atoms. The molecule has 0 N–H and O–H groups in total. The Kier molecular flexibility index (Phi) is 4.85.